The first kappa shape index (κ1) is 21.8. The van der Waals surface area contributed by atoms with E-state index in [2.05, 4.69) is 10.3 Å². The molecule has 150 valence electrons. The molecule has 1 aromatic carbocycles. The number of hydrogen-bond donors (Lipinski definition) is 2. The van der Waals surface area contributed by atoms with Crippen LogP contribution in [0.1, 0.15) is 44.6 Å². The molecule has 1 aromatic heterocycles. The third-order valence-electron chi connectivity index (χ3n) is 3.95. The zero-order valence-electron chi connectivity index (χ0n) is 15.7. The van der Waals surface area contributed by atoms with Crippen LogP contribution in [0.3, 0.4) is 0 Å². The number of ether oxygens (including phenoxy) is 2. The van der Waals surface area contributed by atoms with Crippen molar-refractivity contribution in [3.05, 3.63) is 56.3 Å². The molecule has 0 bridgehead atoms. The van der Waals surface area contributed by atoms with Crippen LogP contribution in [0.2, 0.25) is 10.0 Å². The number of nitrogens with one attached hydrogen (secondary N) is 2. The summed E-state index contributed by atoms with van der Waals surface area (Å²) in [6, 6.07) is 4.93. The van der Waals surface area contributed by atoms with E-state index >= 15 is 0 Å². The highest BCUT2D eigenvalue weighted by Gasteiger charge is 2.24. The molecule has 9 heteroatoms. The number of aromatic nitrogens is 1. The van der Waals surface area contributed by atoms with Crippen molar-refractivity contribution in [3.8, 4) is 0 Å². The molecule has 28 heavy (non-hydrogen) atoms. The lowest BCUT2D eigenvalue weighted by molar-refractivity contribution is -0.124. The molecule has 1 heterocycles. The van der Waals surface area contributed by atoms with Crippen molar-refractivity contribution in [2.75, 3.05) is 13.2 Å². The number of hydrogen-bond acceptors (Lipinski definition) is 5. The van der Waals surface area contributed by atoms with Gasteiger partial charge in [-0.15, -0.1) is 0 Å². The van der Waals surface area contributed by atoms with Crippen LogP contribution in [0, 0.1) is 13.8 Å². The Hall–Kier alpha value is -2.51. The predicted octanol–water partition coefficient (Wildman–Crippen LogP) is 3.59. The maximum absolute atomic E-state index is 12.3. The molecule has 7 nitrogen and oxygen atoms in total. The molecule has 0 aliphatic carbocycles. The second-order valence-electron chi connectivity index (χ2n) is 5.93. The van der Waals surface area contributed by atoms with Gasteiger partial charge in [0.15, 0.2) is 6.61 Å². The third-order valence-corrected chi connectivity index (χ3v) is 4.53. The van der Waals surface area contributed by atoms with Gasteiger partial charge < -0.3 is 19.8 Å². The summed E-state index contributed by atoms with van der Waals surface area (Å²) in [6.45, 7) is 4.84. The first-order valence-electron chi connectivity index (χ1n) is 8.48. The highest BCUT2D eigenvalue weighted by atomic mass is 35.5. The lowest BCUT2D eigenvalue weighted by Gasteiger charge is -2.08. The Morgan fingerprint density at radius 3 is 2.46 bits per heavy atom. The van der Waals surface area contributed by atoms with E-state index in [1.54, 1.807) is 39.0 Å². The first-order chi connectivity index (χ1) is 13.2. The zero-order valence-corrected chi connectivity index (χ0v) is 17.2. The molecule has 2 rings (SSSR count). The molecule has 2 N–H and O–H groups in total. The van der Waals surface area contributed by atoms with Gasteiger partial charge in [-0.1, -0.05) is 29.3 Å². The van der Waals surface area contributed by atoms with Crippen LogP contribution >= 0.6 is 23.2 Å². The largest absolute Gasteiger partial charge is 0.461 e. The van der Waals surface area contributed by atoms with Gasteiger partial charge in [0.2, 0.25) is 0 Å². The molecule has 0 fully saturated rings. The number of aromatic amines is 1. The van der Waals surface area contributed by atoms with E-state index in [4.69, 9.17) is 32.7 Å². The minimum atomic E-state index is -0.707. The molecular weight excluding hydrogens is 407 g/mol. The summed E-state index contributed by atoms with van der Waals surface area (Å²) in [6.07, 6.45) is 0. The van der Waals surface area contributed by atoms with Crippen molar-refractivity contribution in [2.45, 2.75) is 27.3 Å². The van der Waals surface area contributed by atoms with Gasteiger partial charge in [-0.2, -0.15) is 0 Å². The molecule has 0 aliphatic heterocycles. The van der Waals surface area contributed by atoms with Crippen molar-refractivity contribution in [3.63, 3.8) is 0 Å². The van der Waals surface area contributed by atoms with Crippen LogP contribution < -0.4 is 5.32 Å². The molecule has 0 aliphatic rings. The number of carbonyl (C=O) groups is 3. The van der Waals surface area contributed by atoms with Crippen LogP contribution in [0.15, 0.2) is 18.2 Å². The average molecular weight is 427 g/mol. The normalized spacial score (nSPS) is 10.5. The van der Waals surface area contributed by atoms with Crippen LogP contribution in [-0.2, 0) is 20.8 Å². The average Bonchev–Trinajstić information content (AvgIpc) is 2.93. The second kappa shape index (κ2) is 9.61. The van der Waals surface area contributed by atoms with Crippen LogP contribution in [-0.4, -0.2) is 36.0 Å². The molecule has 0 spiro atoms. The van der Waals surface area contributed by atoms with E-state index in [1.807, 2.05) is 0 Å². The standard InChI is InChI=1S/C19H20Cl2N2O5/c1-4-27-19(26)17-10(2)16(11(3)23-17)18(25)28-9-15(24)22-8-12-5-6-13(20)7-14(12)21/h5-7,23H,4,8-9H2,1-3H3,(H,22,24). The van der Waals surface area contributed by atoms with Gasteiger partial charge in [0.25, 0.3) is 5.91 Å². The predicted molar refractivity (Wildman–Crippen MR) is 105 cm³/mol. The van der Waals surface area contributed by atoms with Crippen molar-refractivity contribution in [1.29, 1.82) is 0 Å². The first-order valence-corrected chi connectivity index (χ1v) is 9.24. The van der Waals surface area contributed by atoms with Gasteiger partial charge in [-0.25, -0.2) is 9.59 Å². The lowest BCUT2D eigenvalue weighted by atomic mass is 10.1. The summed E-state index contributed by atoms with van der Waals surface area (Å²) in [5, 5.41) is 3.53. The maximum Gasteiger partial charge on any atom is 0.355 e. The highest BCUT2D eigenvalue weighted by molar-refractivity contribution is 6.35. The summed E-state index contributed by atoms with van der Waals surface area (Å²) in [4.78, 5) is 39.0. The molecule has 0 saturated heterocycles. The van der Waals surface area contributed by atoms with Crippen LogP contribution in [0.4, 0.5) is 0 Å². The Morgan fingerprint density at radius 2 is 1.82 bits per heavy atom. The SMILES string of the molecule is CCOC(=O)c1[nH]c(C)c(C(=O)OCC(=O)NCc2ccc(Cl)cc2Cl)c1C. The zero-order chi connectivity index (χ0) is 20.8. The number of carbonyl (C=O) groups excluding carboxylic acids is 3. The Labute approximate surface area is 172 Å². The van der Waals surface area contributed by atoms with Gasteiger partial charge in [-0.05, 0) is 44.0 Å². The Morgan fingerprint density at radius 1 is 1.11 bits per heavy atom. The van der Waals surface area contributed by atoms with E-state index in [-0.39, 0.29) is 24.4 Å². The van der Waals surface area contributed by atoms with E-state index in [1.165, 1.54) is 0 Å². The maximum atomic E-state index is 12.3. The van der Waals surface area contributed by atoms with Crippen LogP contribution in [0.25, 0.3) is 0 Å². The molecule has 2 aromatic rings. The fourth-order valence-corrected chi connectivity index (χ4v) is 3.05. The third kappa shape index (κ3) is 5.27. The second-order valence-corrected chi connectivity index (χ2v) is 6.78. The summed E-state index contributed by atoms with van der Waals surface area (Å²) in [5.41, 5.74) is 1.94. The van der Waals surface area contributed by atoms with Gasteiger partial charge in [-0.3, -0.25) is 4.79 Å². The summed E-state index contributed by atoms with van der Waals surface area (Å²) in [5.74, 6) is -1.75. The van der Waals surface area contributed by atoms with E-state index in [0.29, 0.717) is 26.9 Å². The molecule has 0 atom stereocenters. The fourth-order valence-electron chi connectivity index (χ4n) is 2.58. The number of rotatable bonds is 7. The lowest BCUT2D eigenvalue weighted by Crippen LogP contribution is -2.28. The number of benzene rings is 1. The van der Waals surface area contributed by atoms with Crippen molar-refractivity contribution < 1.29 is 23.9 Å². The summed E-state index contributed by atoms with van der Waals surface area (Å²) >= 11 is 11.9. The number of esters is 2. The fraction of sp³-hybridized carbons (Fsp3) is 0.316. The number of halogens is 2. The Balaban J connectivity index is 1.94. The van der Waals surface area contributed by atoms with Crippen molar-refractivity contribution in [1.82, 2.24) is 10.3 Å². The smallest absolute Gasteiger partial charge is 0.355 e. The van der Waals surface area contributed by atoms with Gasteiger partial charge in [0.05, 0.1) is 12.2 Å². The molecule has 0 saturated carbocycles. The topological polar surface area (TPSA) is 97.5 Å². The monoisotopic (exact) mass is 426 g/mol. The minimum Gasteiger partial charge on any atom is -0.461 e. The van der Waals surface area contributed by atoms with Crippen molar-refractivity contribution in [2.24, 2.45) is 0 Å². The summed E-state index contributed by atoms with van der Waals surface area (Å²) < 4.78 is 10.0. The minimum absolute atomic E-state index is 0.168. The summed E-state index contributed by atoms with van der Waals surface area (Å²) in [7, 11) is 0. The Kier molecular flexibility index (Phi) is 7.48. The van der Waals surface area contributed by atoms with Crippen molar-refractivity contribution >= 4 is 41.0 Å². The van der Waals surface area contributed by atoms with E-state index in [0.717, 1.165) is 0 Å². The highest BCUT2D eigenvalue weighted by Crippen LogP contribution is 2.21. The van der Waals surface area contributed by atoms with E-state index in [9.17, 15) is 14.4 Å². The van der Waals surface area contributed by atoms with Crippen LogP contribution in [0.5, 0.6) is 0 Å². The molecule has 1 amide bonds. The van der Waals surface area contributed by atoms with Gasteiger partial charge in [0.1, 0.15) is 5.69 Å². The van der Waals surface area contributed by atoms with Gasteiger partial charge >= 0.3 is 11.9 Å². The number of aryl methyl sites for hydroxylation is 1. The molecule has 0 unspecified atom stereocenters. The molecular formula is C19H20Cl2N2O5. The Bertz CT molecular complexity index is 908. The number of H-pyrrole nitrogens is 1. The quantitative estimate of drug-likeness (QED) is 0.659. The van der Waals surface area contributed by atoms with Gasteiger partial charge in [0, 0.05) is 22.3 Å². The molecule has 0 radical (unpaired) electrons. The number of amides is 1. The van der Waals surface area contributed by atoms with E-state index < -0.39 is 24.5 Å².